The van der Waals surface area contributed by atoms with Crippen molar-refractivity contribution in [2.75, 3.05) is 6.54 Å². The molecule has 5 nitrogen and oxygen atoms in total. The van der Waals surface area contributed by atoms with Crippen LogP contribution >= 0.6 is 11.3 Å². The lowest BCUT2D eigenvalue weighted by Gasteiger charge is -2.13. The zero-order chi connectivity index (χ0) is 15.5. The molecule has 0 atom stereocenters. The molecule has 0 amide bonds. The smallest absolute Gasteiger partial charge is 0.347 e. The van der Waals surface area contributed by atoms with Crippen molar-refractivity contribution in [1.82, 2.24) is 4.72 Å². The van der Waals surface area contributed by atoms with Gasteiger partial charge in [-0.15, -0.1) is 11.3 Å². The Labute approximate surface area is 128 Å². The lowest BCUT2D eigenvalue weighted by molar-refractivity contribution is 0.0698. The third-order valence-electron chi connectivity index (χ3n) is 3.50. The summed E-state index contributed by atoms with van der Waals surface area (Å²) >= 11 is 0.943. The van der Waals surface area contributed by atoms with Gasteiger partial charge in [0.15, 0.2) is 0 Å². The average Bonchev–Trinajstić information content (AvgIpc) is 2.83. The number of aromatic carboxylic acids is 1. The molecular formula is C14H19NO4S2. The Kier molecular flexibility index (Phi) is 5.18. The van der Waals surface area contributed by atoms with Crippen LogP contribution < -0.4 is 4.72 Å². The minimum absolute atomic E-state index is 0.0994. The summed E-state index contributed by atoms with van der Waals surface area (Å²) in [5.74, 6) is -1.21. The Bertz CT molecular complexity index is 659. The van der Waals surface area contributed by atoms with Gasteiger partial charge in [-0.2, -0.15) is 0 Å². The number of nitrogens with one attached hydrogen (secondary N) is 1. The molecule has 1 heterocycles. The molecule has 1 aliphatic rings. The van der Waals surface area contributed by atoms with Crippen molar-refractivity contribution >= 4 is 27.3 Å². The van der Waals surface area contributed by atoms with Gasteiger partial charge < -0.3 is 5.11 Å². The normalized spacial score (nSPS) is 15.8. The molecule has 1 aromatic heterocycles. The minimum Gasteiger partial charge on any atom is -0.477 e. The number of allylic oxidation sites excluding steroid dienone is 1. The van der Waals surface area contributed by atoms with E-state index in [1.807, 2.05) is 0 Å². The standard InChI is InChI=1S/C14H19NO4S2/c1-10-9-20-12(14(16)17)13(10)21(18,19)15-8-7-11-5-3-2-4-6-11/h5,9,15H,2-4,6-8H2,1H3,(H,16,17). The molecule has 0 saturated carbocycles. The van der Waals surface area contributed by atoms with Crippen molar-refractivity contribution in [3.8, 4) is 0 Å². The van der Waals surface area contributed by atoms with E-state index < -0.39 is 16.0 Å². The molecule has 0 aliphatic heterocycles. The highest BCUT2D eigenvalue weighted by molar-refractivity contribution is 7.89. The molecule has 0 bridgehead atoms. The molecule has 0 spiro atoms. The molecule has 0 saturated heterocycles. The van der Waals surface area contributed by atoms with Gasteiger partial charge in [0.2, 0.25) is 10.0 Å². The number of hydrogen-bond donors (Lipinski definition) is 2. The highest BCUT2D eigenvalue weighted by Gasteiger charge is 2.26. The molecule has 7 heteroatoms. The van der Waals surface area contributed by atoms with E-state index in [9.17, 15) is 13.2 Å². The van der Waals surface area contributed by atoms with Crippen LogP contribution in [0.3, 0.4) is 0 Å². The van der Waals surface area contributed by atoms with E-state index in [4.69, 9.17) is 5.11 Å². The average molecular weight is 329 g/mol. The lowest BCUT2D eigenvalue weighted by atomic mass is 9.97. The van der Waals surface area contributed by atoms with Gasteiger partial charge in [-0.25, -0.2) is 17.9 Å². The molecule has 21 heavy (non-hydrogen) atoms. The third kappa shape index (κ3) is 3.93. The molecule has 1 aromatic rings. The van der Waals surface area contributed by atoms with Gasteiger partial charge in [-0.05, 0) is 50.0 Å². The molecule has 0 aromatic carbocycles. The molecule has 0 radical (unpaired) electrons. The van der Waals surface area contributed by atoms with Gasteiger partial charge in [-0.3, -0.25) is 0 Å². The maximum Gasteiger partial charge on any atom is 0.347 e. The molecular weight excluding hydrogens is 310 g/mol. The first-order chi connectivity index (χ1) is 9.92. The van der Waals surface area contributed by atoms with Crippen LogP contribution in [0.5, 0.6) is 0 Å². The van der Waals surface area contributed by atoms with Crippen molar-refractivity contribution in [2.45, 2.75) is 43.9 Å². The van der Waals surface area contributed by atoms with E-state index in [-0.39, 0.29) is 9.77 Å². The summed E-state index contributed by atoms with van der Waals surface area (Å²) in [5, 5.41) is 10.6. The van der Waals surface area contributed by atoms with Gasteiger partial charge in [0.05, 0.1) is 0 Å². The van der Waals surface area contributed by atoms with Crippen molar-refractivity contribution in [3.05, 3.63) is 27.5 Å². The predicted octanol–water partition coefficient (Wildman–Crippen LogP) is 2.92. The monoisotopic (exact) mass is 329 g/mol. The Hall–Kier alpha value is -1.18. The first-order valence-corrected chi connectivity index (χ1v) is 9.27. The van der Waals surface area contributed by atoms with Crippen LogP contribution in [0.25, 0.3) is 0 Å². The number of carboxylic acid groups (broad SMARTS) is 1. The Morgan fingerprint density at radius 2 is 2.19 bits per heavy atom. The first kappa shape index (κ1) is 16.2. The van der Waals surface area contributed by atoms with Crippen LogP contribution in [-0.2, 0) is 10.0 Å². The summed E-state index contributed by atoms with van der Waals surface area (Å²) in [6.45, 7) is 1.92. The Morgan fingerprint density at radius 3 is 2.81 bits per heavy atom. The second kappa shape index (κ2) is 6.72. The summed E-state index contributed by atoms with van der Waals surface area (Å²) < 4.78 is 27.1. The van der Waals surface area contributed by atoms with Gasteiger partial charge in [0, 0.05) is 6.54 Å². The van der Waals surface area contributed by atoms with Gasteiger partial charge in [0.1, 0.15) is 9.77 Å². The van der Waals surface area contributed by atoms with Crippen LogP contribution in [0.4, 0.5) is 0 Å². The van der Waals surface area contributed by atoms with E-state index in [1.54, 1.807) is 12.3 Å². The van der Waals surface area contributed by atoms with Crippen molar-refractivity contribution < 1.29 is 18.3 Å². The maximum atomic E-state index is 12.3. The van der Waals surface area contributed by atoms with Gasteiger partial charge >= 0.3 is 5.97 Å². The SMILES string of the molecule is Cc1csc(C(=O)O)c1S(=O)(=O)NCCC1=CCCCC1. The summed E-state index contributed by atoms with van der Waals surface area (Å²) in [5.41, 5.74) is 1.76. The molecule has 0 unspecified atom stereocenters. The van der Waals surface area contributed by atoms with Crippen molar-refractivity contribution in [2.24, 2.45) is 0 Å². The second-order valence-electron chi connectivity index (χ2n) is 5.14. The number of hydrogen-bond acceptors (Lipinski definition) is 4. The fourth-order valence-corrected chi connectivity index (χ4v) is 5.12. The highest BCUT2D eigenvalue weighted by atomic mass is 32.2. The number of rotatable bonds is 6. The Balaban J connectivity index is 2.07. The minimum atomic E-state index is -3.77. The second-order valence-corrected chi connectivity index (χ2v) is 7.72. The van der Waals surface area contributed by atoms with Crippen molar-refractivity contribution in [3.63, 3.8) is 0 Å². The van der Waals surface area contributed by atoms with Crippen LogP contribution in [0, 0.1) is 6.92 Å². The van der Waals surface area contributed by atoms with E-state index >= 15 is 0 Å². The fourth-order valence-electron chi connectivity index (χ4n) is 2.46. The molecule has 1 aliphatic carbocycles. The Morgan fingerprint density at radius 1 is 1.43 bits per heavy atom. The lowest BCUT2D eigenvalue weighted by Crippen LogP contribution is -2.26. The van der Waals surface area contributed by atoms with Crippen LogP contribution in [0.15, 0.2) is 21.9 Å². The van der Waals surface area contributed by atoms with Gasteiger partial charge in [-0.1, -0.05) is 11.6 Å². The van der Waals surface area contributed by atoms with Gasteiger partial charge in [0.25, 0.3) is 0 Å². The quantitative estimate of drug-likeness (QED) is 0.786. The largest absolute Gasteiger partial charge is 0.477 e. The molecule has 2 N–H and O–H groups in total. The number of carbonyl (C=O) groups is 1. The maximum absolute atomic E-state index is 12.3. The number of sulfonamides is 1. The van der Waals surface area contributed by atoms with Crippen LogP contribution in [0.1, 0.15) is 47.3 Å². The summed E-state index contributed by atoms with van der Waals surface area (Å²) in [6, 6.07) is 0. The summed E-state index contributed by atoms with van der Waals surface area (Å²) in [7, 11) is -3.77. The molecule has 2 rings (SSSR count). The number of aryl methyl sites for hydroxylation is 1. The number of carboxylic acids is 1. The fraction of sp³-hybridized carbons (Fsp3) is 0.500. The summed E-state index contributed by atoms with van der Waals surface area (Å²) in [4.78, 5) is 10.9. The zero-order valence-electron chi connectivity index (χ0n) is 11.9. The first-order valence-electron chi connectivity index (χ1n) is 6.91. The third-order valence-corrected chi connectivity index (χ3v) is 6.37. The van der Waals surface area contributed by atoms with E-state index in [0.29, 0.717) is 18.5 Å². The topological polar surface area (TPSA) is 83.5 Å². The summed E-state index contributed by atoms with van der Waals surface area (Å²) in [6.07, 6.45) is 7.31. The zero-order valence-corrected chi connectivity index (χ0v) is 13.5. The molecule has 116 valence electrons. The van der Waals surface area contributed by atoms with E-state index in [0.717, 1.165) is 30.6 Å². The highest BCUT2D eigenvalue weighted by Crippen LogP contribution is 2.27. The van der Waals surface area contributed by atoms with E-state index in [2.05, 4.69) is 10.8 Å². The van der Waals surface area contributed by atoms with E-state index in [1.165, 1.54) is 12.0 Å². The van der Waals surface area contributed by atoms with Crippen molar-refractivity contribution in [1.29, 1.82) is 0 Å². The van der Waals surface area contributed by atoms with Crippen LogP contribution in [0.2, 0.25) is 0 Å². The molecule has 0 fully saturated rings. The van der Waals surface area contributed by atoms with Crippen LogP contribution in [-0.4, -0.2) is 26.0 Å². The number of thiophene rings is 1. The predicted molar refractivity (Wildman–Crippen MR) is 82.4 cm³/mol.